The lowest BCUT2D eigenvalue weighted by atomic mass is 9.89. The minimum Gasteiger partial charge on any atom is -0.493 e. The molecule has 5 nitrogen and oxygen atoms in total. The Morgan fingerprint density at radius 1 is 0.903 bits per heavy atom. The van der Waals surface area contributed by atoms with Gasteiger partial charge in [-0.25, -0.2) is 4.39 Å². The van der Waals surface area contributed by atoms with Gasteiger partial charge in [0, 0.05) is 6.54 Å². The molecule has 1 fully saturated rings. The van der Waals surface area contributed by atoms with E-state index in [1.54, 1.807) is 31.3 Å². The van der Waals surface area contributed by atoms with Crippen LogP contribution in [0.15, 0.2) is 66.7 Å². The number of β-lactam (4-membered cyclic amide) rings is 1. The molecule has 0 radical (unpaired) electrons. The number of rotatable bonds is 7. The maximum absolute atomic E-state index is 13.3. The molecule has 3 aromatic rings. The van der Waals surface area contributed by atoms with Crippen molar-refractivity contribution < 1.29 is 23.4 Å². The number of amides is 1. The molecule has 6 heteroatoms. The second kappa shape index (κ2) is 8.68. The van der Waals surface area contributed by atoms with Gasteiger partial charge >= 0.3 is 0 Å². The van der Waals surface area contributed by atoms with E-state index < -0.39 is 6.10 Å². The van der Waals surface area contributed by atoms with Crippen LogP contribution in [0.2, 0.25) is 0 Å². The van der Waals surface area contributed by atoms with E-state index in [9.17, 15) is 9.18 Å². The number of likely N-dealkylation sites (tertiary alicyclic amines) is 1. The fourth-order valence-corrected chi connectivity index (χ4v) is 3.81. The van der Waals surface area contributed by atoms with Crippen molar-refractivity contribution in [1.29, 1.82) is 0 Å². The van der Waals surface area contributed by atoms with Crippen molar-refractivity contribution in [2.45, 2.75) is 25.6 Å². The molecule has 0 aliphatic carbocycles. The van der Waals surface area contributed by atoms with E-state index in [4.69, 9.17) is 14.2 Å². The molecule has 2 atom stereocenters. The molecule has 1 saturated heterocycles. The van der Waals surface area contributed by atoms with Crippen LogP contribution >= 0.6 is 0 Å². The summed E-state index contributed by atoms with van der Waals surface area (Å²) < 4.78 is 30.3. The monoisotopic (exact) mass is 421 g/mol. The molecule has 0 saturated carbocycles. The number of carbonyl (C=O) groups excluding carboxylic acids is 1. The first-order chi connectivity index (χ1) is 15.0. The zero-order valence-corrected chi connectivity index (χ0v) is 17.7. The van der Waals surface area contributed by atoms with E-state index >= 15 is 0 Å². The van der Waals surface area contributed by atoms with Crippen molar-refractivity contribution in [3.8, 4) is 17.2 Å². The number of hydrogen-bond acceptors (Lipinski definition) is 4. The summed E-state index contributed by atoms with van der Waals surface area (Å²) >= 11 is 0. The van der Waals surface area contributed by atoms with Crippen molar-refractivity contribution in [3.63, 3.8) is 0 Å². The number of carbonyl (C=O) groups is 1. The molecule has 0 aromatic heterocycles. The lowest BCUT2D eigenvalue weighted by Gasteiger charge is -2.47. The number of para-hydroxylation sites is 1. The normalized spacial score (nSPS) is 17.8. The van der Waals surface area contributed by atoms with Crippen LogP contribution in [0, 0.1) is 12.7 Å². The lowest BCUT2D eigenvalue weighted by Crippen LogP contribution is -2.60. The number of aryl methyl sites for hydroxylation is 1. The molecule has 31 heavy (non-hydrogen) atoms. The van der Waals surface area contributed by atoms with Crippen molar-refractivity contribution >= 4 is 5.91 Å². The quantitative estimate of drug-likeness (QED) is 0.520. The molecule has 0 unspecified atom stereocenters. The zero-order chi connectivity index (χ0) is 22.0. The smallest absolute Gasteiger partial charge is 0.267 e. The van der Waals surface area contributed by atoms with Crippen molar-refractivity contribution in [2.24, 2.45) is 0 Å². The minimum absolute atomic E-state index is 0.118. The van der Waals surface area contributed by atoms with Gasteiger partial charge in [-0.2, -0.15) is 0 Å². The van der Waals surface area contributed by atoms with Gasteiger partial charge in [-0.05, 0) is 53.9 Å². The predicted octanol–water partition coefficient (Wildman–Crippen LogP) is 4.68. The Kier molecular flexibility index (Phi) is 5.80. The molecule has 0 bridgehead atoms. The molecular weight excluding hydrogens is 397 g/mol. The third kappa shape index (κ3) is 4.06. The Morgan fingerprint density at radius 2 is 1.61 bits per heavy atom. The maximum Gasteiger partial charge on any atom is 0.267 e. The molecule has 3 aromatic carbocycles. The van der Waals surface area contributed by atoms with Crippen molar-refractivity contribution in [1.82, 2.24) is 4.90 Å². The SMILES string of the molecule is COc1ccc([C@@H]2[C@@H](Oc3ccccc3C)C(=O)N2Cc2ccc(F)cc2)cc1OC. The Morgan fingerprint density at radius 3 is 2.29 bits per heavy atom. The first-order valence-corrected chi connectivity index (χ1v) is 10.0. The highest BCUT2D eigenvalue weighted by Crippen LogP contribution is 2.42. The van der Waals surface area contributed by atoms with Gasteiger partial charge in [-0.1, -0.05) is 36.4 Å². The van der Waals surface area contributed by atoms with Crippen LogP contribution in [0.1, 0.15) is 22.7 Å². The van der Waals surface area contributed by atoms with Crippen LogP contribution in [0.25, 0.3) is 0 Å². The van der Waals surface area contributed by atoms with E-state index in [-0.39, 0.29) is 17.8 Å². The number of halogens is 1. The van der Waals surface area contributed by atoms with Gasteiger partial charge in [0.25, 0.3) is 5.91 Å². The van der Waals surface area contributed by atoms with Crippen LogP contribution in [0.5, 0.6) is 17.2 Å². The van der Waals surface area contributed by atoms with Gasteiger partial charge in [-0.3, -0.25) is 4.79 Å². The number of methoxy groups -OCH3 is 2. The Labute approximate surface area is 181 Å². The molecule has 160 valence electrons. The first kappa shape index (κ1) is 20.7. The van der Waals surface area contributed by atoms with Gasteiger partial charge in [0.15, 0.2) is 11.5 Å². The highest BCUT2D eigenvalue weighted by Gasteiger charge is 2.50. The van der Waals surface area contributed by atoms with E-state index in [1.807, 2.05) is 49.4 Å². The van der Waals surface area contributed by atoms with Crippen LogP contribution in [-0.4, -0.2) is 31.1 Å². The van der Waals surface area contributed by atoms with Crippen molar-refractivity contribution in [2.75, 3.05) is 14.2 Å². The Hall–Kier alpha value is -3.54. The molecule has 0 spiro atoms. The fraction of sp³-hybridized carbons (Fsp3) is 0.240. The molecule has 1 aliphatic heterocycles. The van der Waals surface area contributed by atoms with Crippen LogP contribution < -0.4 is 14.2 Å². The third-order valence-corrected chi connectivity index (χ3v) is 5.51. The average Bonchev–Trinajstić information content (AvgIpc) is 2.79. The van der Waals surface area contributed by atoms with E-state index in [2.05, 4.69) is 0 Å². The highest BCUT2D eigenvalue weighted by molar-refractivity contribution is 5.89. The molecule has 0 N–H and O–H groups in total. The van der Waals surface area contributed by atoms with E-state index in [0.29, 0.717) is 23.8 Å². The molecular formula is C25H24FNO4. The number of ether oxygens (including phenoxy) is 3. The topological polar surface area (TPSA) is 48.0 Å². The summed E-state index contributed by atoms with van der Waals surface area (Å²) in [4.78, 5) is 14.8. The molecule has 4 rings (SSSR count). The fourth-order valence-electron chi connectivity index (χ4n) is 3.81. The molecule has 1 aliphatic rings. The van der Waals surface area contributed by atoms with Crippen LogP contribution in [0.4, 0.5) is 4.39 Å². The number of benzene rings is 3. The third-order valence-electron chi connectivity index (χ3n) is 5.51. The second-order valence-electron chi connectivity index (χ2n) is 7.46. The van der Waals surface area contributed by atoms with Gasteiger partial charge in [0.1, 0.15) is 17.6 Å². The number of nitrogens with zero attached hydrogens (tertiary/aromatic N) is 1. The van der Waals surface area contributed by atoms with Gasteiger partial charge in [0.05, 0.1) is 14.2 Å². The highest BCUT2D eigenvalue weighted by atomic mass is 19.1. The van der Waals surface area contributed by atoms with E-state index in [1.165, 1.54) is 12.1 Å². The zero-order valence-electron chi connectivity index (χ0n) is 17.7. The Bertz CT molecular complexity index is 1080. The maximum atomic E-state index is 13.3. The average molecular weight is 421 g/mol. The minimum atomic E-state index is -0.667. The predicted molar refractivity (Wildman–Crippen MR) is 115 cm³/mol. The molecule has 1 amide bonds. The summed E-state index contributed by atoms with van der Waals surface area (Å²) in [5.74, 6) is 1.44. The summed E-state index contributed by atoms with van der Waals surface area (Å²) in [6, 6.07) is 19.0. The standard InChI is InChI=1S/C25H24FNO4/c1-16-6-4-5-7-20(16)31-24-23(18-10-13-21(29-2)22(14-18)30-3)27(25(24)28)15-17-8-11-19(26)12-9-17/h4-14,23-24H,15H2,1-3H3/t23-,24-/m1/s1. The van der Waals surface area contributed by atoms with Gasteiger partial charge < -0.3 is 19.1 Å². The van der Waals surface area contributed by atoms with E-state index in [0.717, 1.165) is 16.7 Å². The Balaban J connectivity index is 1.67. The summed E-state index contributed by atoms with van der Waals surface area (Å²) in [6.45, 7) is 2.30. The summed E-state index contributed by atoms with van der Waals surface area (Å²) in [5, 5.41) is 0. The summed E-state index contributed by atoms with van der Waals surface area (Å²) in [7, 11) is 3.15. The first-order valence-electron chi connectivity index (χ1n) is 10.0. The van der Waals surface area contributed by atoms with Crippen LogP contribution in [-0.2, 0) is 11.3 Å². The van der Waals surface area contributed by atoms with Gasteiger partial charge in [0.2, 0.25) is 6.10 Å². The lowest BCUT2D eigenvalue weighted by molar-refractivity contribution is -0.165. The van der Waals surface area contributed by atoms with Crippen molar-refractivity contribution in [3.05, 3.63) is 89.2 Å². The summed E-state index contributed by atoms with van der Waals surface area (Å²) in [5.41, 5.74) is 2.67. The van der Waals surface area contributed by atoms with Crippen LogP contribution in [0.3, 0.4) is 0 Å². The van der Waals surface area contributed by atoms with Gasteiger partial charge in [-0.15, -0.1) is 0 Å². The number of hydrogen-bond donors (Lipinski definition) is 0. The summed E-state index contributed by atoms with van der Waals surface area (Å²) in [6.07, 6.45) is -0.667. The molecule has 1 heterocycles. The second-order valence-corrected chi connectivity index (χ2v) is 7.46. The largest absolute Gasteiger partial charge is 0.493 e.